The first-order valence-electron chi connectivity index (χ1n) is 7.26. The van der Waals surface area contributed by atoms with Crippen molar-refractivity contribution in [3.63, 3.8) is 0 Å². The van der Waals surface area contributed by atoms with Gasteiger partial charge in [0.2, 0.25) is 0 Å². The summed E-state index contributed by atoms with van der Waals surface area (Å²) >= 11 is 0. The van der Waals surface area contributed by atoms with Crippen LogP contribution in [-0.4, -0.2) is 21.4 Å². The Kier molecular flexibility index (Phi) is 3.68. The number of hydrogen-bond acceptors (Lipinski definition) is 5. The molecule has 110 valence electrons. The summed E-state index contributed by atoms with van der Waals surface area (Å²) in [6.45, 7) is 3.14. The molecule has 0 spiro atoms. The number of nitro groups is 1. The fraction of sp³-hybridized carbons (Fsp3) is 0.467. The lowest BCUT2D eigenvalue weighted by atomic mass is 10.1. The van der Waals surface area contributed by atoms with Crippen LogP contribution in [0.5, 0.6) is 0 Å². The zero-order valence-corrected chi connectivity index (χ0v) is 12.0. The summed E-state index contributed by atoms with van der Waals surface area (Å²) in [5.74, 6) is 2.13. The van der Waals surface area contributed by atoms with Crippen molar-refractivity contribution in [2.24, 2.45) is 11.8 Å². The summed E-state index contributed by atoms with van der Waals surface area (Å²) in [6.07, 6.45) is 5.24. The zero-order chi connectivity index (χ0) is 14.8. The Balaban J connectivity index is 1.83. The molecule has 1 fully saturated rings. The highest BCUT2D eigenvalue weighted by Crippen LogP contribution is 2.31. The average Bonchev–Trinajstić information content (AvgIpc) is 2.90. The number of aromatic nitrogens is 2. The molecule has 0 bridgehead atoms. The standard InChI is InChI=1S/C15H18N4O2/c1-10-2-3-11(6-10)8-16-15-13-7-12(19(20)21)4-5-14(13)17-9-18-15/h4-5,7,9-11H,2-3,6,8H2,1H3,(H,16,17,18). The highest BCUT2D eigenvalue weighted by molar-refractivity contribution is 5.90. The van der Waals surface area contributed by atoms with Crippen LogP contribution in [0.3, 0.4) is 0 Å². The predicted molar refractivity (Wildman–Crippen MR) is 81.2 cm³/mol. The van der Waals surface area contributed by atoms with E-state index >= 15 is 0 Å². The minimum absolute atomic E-state index is 0.0647. The van der Waals surface area contributed by atoms with Crippen LogP contribution in [0, 0.1) is 22.0 Å². The van der Waals surface area contributed by atoms with Gasteiger partial charge in [-0.15, -0.1) is 0 Å². The van der Waals surface area contributed by atoms with Crippen LogP contribution in [0.25, 0.3) is 10.9 Å². The minimum Gasteiger partial charge on any atom is -0.369 e. The van der Waals surface area contributed by atoms with E-state index in [2.05, 4.69) is 22.2 Å². The average molecular weight is 286 g/mol. The molecular weight excluding hydrogens is 268 g/mol. The Morgan fingerprint density at radius 1 is 1.38 bits per heavy atom. The lowest BCUT2D eigenvalue weighted by Crippen LogP contribution is -2.12. The zero-order valence-electron chi connectivity index (χ0n) is 12.0. The molecule has 3 rings (SSSR count). The molecule has 2 aromatic rings. The maximum atomic E-state index is 10.9. The molecule has 6 nitrogen and oxygen atoms in total. The molecule has 0 radical (unpaired) electrons. The first-order valence-corrected chi connectivity index (χ1v) is 7.26. The Hall–Kier alpha value is -2.24. The first-order chi connectivity index (χ1) is 10.1. The predicted octanol–water partition coefficient (Wildman–Crippen LogP) is 3.39. The van der Waals surface area contributed by atoms with Crippen molar-refractivity contribution in [2.75, 3.05) is 11.9 Å². The van der Waals surface area contributed by atoms with Crippen LogP contribution in [0.15, 0.2) is 24.5 Å². The van der Waals surface area contributed by atoms with Gasteiger partial charge in [0.1, 0.15) is 12.1 Å². The fourth-order valence-electron chi connectivity index (χ4n) is 3.05. The van der Waals surface area contributed by atoms with E-state index in [-0.39, 0.29) is 5.69 Å². The molecule has 1 aromatic carbocycles. The van der Waals surface area contributed by atoms with Gasteiger partial charge in [0.25, 0.3) is 5.69 Å². The lowest BCUT2D eigenvalue weighted by Gasteiger charge is -2.12. The summed E-state index contributed by atoms with van der Waals surface area (Å²) in [4.78, 5) is 18.9. The number of non-ortho nitro benzene ring substituents is 1. The molecule has 1 aromatic heterocycles. The van der Waals surface area contributed by atoms with Crippen molar-refractivity contribution in [1.82, 2.24) is 9.97 Å². The molecule has 21 heavy (non-hydrogen) atoms. The van der Waals surface area contributed by atoms with E-state index in [1.165, 1.54) is 37.7 Å². The molecule has 6 heteroatoms. The van der Waals surface area contributed by atoms with Gasteiger partial charge in [0.15, 0.2) is 0 Å². The number of anilines is 1. The highest BCUT2D eigenvalue weighted by Gasteiger charge is 2.21. The van der Waals surface area contributed by atoms with Crippen LogP contribution in [-0.2, 0) is 0 Å². The number of nitrogens with one attached hydrogen (secondary N) is 1. The summed E-state index contributed by atoms with van der Waals surface area (Å²) in [5.41, 5.74) is 0.785. The molecule has 0 aliphatic heterocycles. The molecule has 2 atom stereocenters. The fourth-order valence-corrected chi connectivity index (χ4v) is 3.05. The van der Waals surface area contributed by atoms with Crippen molar-refractivity contribution in [3.05, 3.63) is 34.6 Å². The number of hydrogen-bond donors (Lipinski definition) is 1. The van der Waals surface area contributed by atoms with Crippen molar-refractivity contribution in [1.29, 1.82) is 0 Å². The van der Waals surface area contributed by atoms with Gasteiger partial charge in [0, 0.05) is 24.1 Å². The topological polar surface area (TPSA) is 81.0 Å². The normalized spacial score (nSPS) is 21.6. The van der Waals surface area contributed by atoms with Crippen LogP contribution < -0.4 is 5.32 Å². The SMILES string of the molecule is CC1CCC(CNc2ncnc3ccc([N+](=O)[O-])cc23)C1. The first kappa shape index (κ1) is 13.7. The van der Waals surface area contributed by atoms with Gasteiger partial charge >= 0.3 is 0 Å². The van der Waals surface area contributed by atoms with E-state index in [1.807, 2.05) is 0 Å². The molecule has 1 aliphatic carbocycles. The Bertz CT molecular complexity index is 674. The van der Waals surface area contributed by atoms with Crippen LogP contribution in [0.2, 0.25) is 0 Å². The van der Waals surface area contributed by atoms with E-state index in [4.69, 9.17) is 0 Å². The second kappa shape index (κ2) is 5.63. The molecule has 0 amide bonds. The summed E-state index contributed by atoms with van der Waals surface area (Å²) in [6, 6.07) is 4.67. The maximum Gasteiger partial charge on any atom is 0.270 e. The number of nitro benzene ring substituents is 1. The number of nitrogens with zero attached hydrogens (tertiary/aromatic N) is 3. The van der Waals surface area contributed by atoms with Gasteiger partial charge in [-0.25, -0.2) is 9.97 Å². The third-order valence-corrected chi connectivity index (χ3v) is 4.19. The van der Waals surface area contributed by atoms with Crippen molar-refractivity contribution >= 4 is 22.4 Å². The van der Waals surface area contributed by atoms with E-state index in [9.17, 15) is 10.1 Å². The van der Waals surface area contributed by atoms with Gasteiger partial charge in [-0.05, 0) is 30.7 Å². The van der Waals surface area contributed by atoms with E-state index in [0.717, 1.165) is 18.0 Å². The van der Waals surface area contributed by atoms with Crippen molar-refractivity contribution < 1.29 is 4.92 Å². The third-order valence-electron chi connectivity index (χ3n) is 4.19. The Labute approximate surface area is 122 Å². The second-order valence-corrected chi connectivity index (χ2v) is 5.85. The molecule has 1 saturated carbocycles. The van der Waals surface area contributed by atoms with Gasteiger partial charge in [0.05, 0.1) is 10.4 Å². The monoisotopic (exact) mass is 286 g/mol. The third kappa shape index (κ3) is 2.94. The van der Waals surface area contributed by atoms with Crippen molar-refractivity contribution in [2.45, 2.75) is 26.2 Å². The maximum absolute atomic E-state index is 10.9. The summed E-state index contributed by atoms with van der Waals surface area (Å²) in [7, 11) is 0. The molecular formula is C15H18N4O2. The smallest absolute Gasteiger partial charge is 0.270 e. The van der Waals surface area contributed by atoms with Crippen LogP contribution in [0.4, 0.5) is 11.5 Å². The van der Waals surface area contributed by atoms with Gasteiger partial charge in [-0.1, -0.05) is 13.3 Å². The Morgan fingerprint density at radius 3 is 2.95 bits per heavy atom. The van der Waals surface area contributed by atoms with E-state index in [1.54, 1.807) is 6.07 Å². The van der Waals surface area contributed by atoms with E-state index in [0.29, 0.717) is 17.1 Å². The summed E-state index contributed by atoms with van der Waals surface area (Å²) in [5, 5.41) is 15.0. The quantitative estimate of drug-likeness (QED) is 0.688. The molecule has 2 unspecified atom stereocenters. The van der Waals surface area contributed by atoms with Crippen LogP contribution >= 0.6 is 0 Å². The van der Waals surface area contributed by atoms with Gasteiger partial charge in [-0.3, -0.25) is 10.1 Å². The second-order valence-electron chi connectivity index (χ2n) is 5.85. The highest BCUT2D eigenvalue weighted by atomic mass is 16.6. The number of fused-ring (bicyclic) bond motifs is 1. The van der Waals surface area contributed by atoms with E-state index < -0.39 is 4.92 Å². The summed E-state index contributed by atoms with van der Waals surface area (Å²) < 4.78 is 0. The van der Waals surface area contributed by atoms with Crippen molar-refractivity contribution in [3.8, 4) is 0 Å². The van der Waals surface area contributed by atoms with Gasteiger partial charge in [-0.2, -0.15) is 0 Å². The van der Waals surface area contributed by atoms with Gasteiger partial charge < -0.3 is 5.32 Å². The molecule has 1 N–H and O–H groups in total. The minimum atomic E-state index is -0.394. The molecule has 1 aliphatic rings. The lowest BCUT2D eigenvalue weighted by molar-refractivity contribution is -0.384. The Morgan fingerprint density at radius 2 is 2.24 bits per heavy atom. The molecule has 1 heterocycles. The largest absolute Gasteiger partial charge is 0.369 e. The number of rotatable bonds is 4. The number of benzene rings is 1. The van der Waals surface area contributed by atoms with Crippen LogP contribution in [0.1, 0.15) is 26.2 Å². The molecule has 0 saturated heterocycles.